The lowest BCUT2D eigenvalue weighted by atomic mass is 9.89. The lowest BCUT2D eigenvalue weighted by Gasteiger charge is -2.25. The van der Waals surface area contributed by atoms with Gasteiger partial charge in [0.2, 0.25) is 0 Å². The van der Waals surface area contributed by atoms with Crippen LogP contribution in [0, 0.1) is 17.7 Å². The number of rotatable bonds is 6. The summed E-state index contributed by atoms with van der Waals surface area (Å²) in [6.45, 7) is 5.80. The molecule has 6 rings (SSSR count). The fraction of sp³-hybridized carbons (Fsp3) is 0.406. The zero-order chi connectivity index (χ0) is 28.4. The summed E-state index contributed by atoms with van der Waals surface area (Å²) in [5.41, 5.74) is 9.92. The highest BCUT2D eigenvalue weighted by atomic mass is 19.1. The first-order valence-corrected chi connectivity index (χ1v) is 14.1. The lowest BCUT2D eigenvalue weighted by molar-refractivity contribution is 0.0296. The maximum absolute atomic E-state index is 15.4. The molecule has 1 saturated heterocycles. The number of aliphatic hydroxyl groups is 1. The van der Waals surface area contributed by atoms with Gasteiger partial charge in [0.15, 0.2) is 0 Å². The summed E-state index contributed by atoms with van der Waals surface area (Å²) < 4.78 is 23.1. The van der Waals surface area contributed by atoms with E-state index in [0.717, 1.165) is 72.9 Å². The van der Waals surface area contributed by atoms with E-state index in [-0.39, 0.29) is 11.7 Å². The van der Waals surface area contributed by atoms with Crippen molar-refractivity contribution in [2.45, 2.75) is 51.7 Å². The number of nitrogens with zero attached hydrogens (tertiary/aromatic N) is 3. The quantitative estimate of drug-likeness (QED) is 0.218. The first kappa shape index (κ1) is 28.1. The molecule has 5 N–H and O–H groups in total. The van der Waals surface area contributed by atoms with Gasteiger partial charge in [0.25, 0.3) is 0 Å². The van der Waals surface area contributed by atoms with Crippen LogP contribution in [-0.2, 0) is 16.9 Å². The highest BCUT2D eigenvalue weighted by molar-refractivity contribution is 6.06. The highest BCUT2D eigenvalue weighted by Crippen LogP contribution is 2.47. The van der Waals surface area contributed by atoms with Crippen molar-refractivity contribution >= 4 is 27.6 Å². The number of benzene rings is 2. The normalized spacial score (nSPS) is 18.1. The number of fused-ring (bicyclic) bond motifs is 3. The van der Waals surface area contributed by atoms with E-state index in [1.165, 1.54) is 11.1 Å². The molecule has 212 valence electrons. The average molecular weight is 546 g/mol. The number of ether oxygens (including phenoxy) is 1. The van der Waals surface area contributed by atoms with Crippen LogP contribution in [-0.4, -0.2) is 39.9 Å². The predicted octanol–water partition coefficient (Wildman–Crippen LogP) is 5.51. The fourth-order valence-electron chi connectivity index (χ4n) is 5.83. The minimum atomic E-state index is -1.19. The Bertz CT molecular complexity index is 1470. The van der Waals surface area contributed by atoms with E-state index in [9.17, 15) is 5.11 Å². The third kappa shape index (κ3) is 5.70. The Labute approximate surface area is 235 Å². The first-order valence-electron chi connectivity index (χ1n) is 14.1. The molecule has 40 heavy (non-hydrogen) atoms. The van der Waals surface area contributed by atoms with Crippen molar-refractivity contribution < 1.29 is 14.2 Å². The Kier molecular flexibility index (Phi) is 8.12. The summed E-state index contributed by atoms with van der Waals surface area (Å²) in [5.74, 6) is 6.22. The molecule has 0 spiro atoms. The summed E-state index contributed by atoms with van der Waals surface area (Å²) >= 11 is 0. The van der Waals surface area contributed by atoms with Crippen molar-refractivity contribution in [1.82, 2.24) is 14.6 Å². The van der Waals surface area contributed by atoms with Gasteiger partial charge in [-0.05, 0) is 69.6 Å². The molecule has 3 heterocycles. The Balaban J connectivity index is 0.000000477. The fourth-order valence-corrected chi connectivity index (χ4v) is 5.83. The topological polar surface area (TPSA) is 103 Å². The maximum atomic E-state index is 15.4. The molecule has 7 nitrogen and oxygen atoms in total. The number of hydrogen-bond acceptors (Lipinski definition) is 6. The molecule has 2 fully saturated rings. The van der Waals surface area contributed by atoms with Crippen LogP contribution >= 0.6 is 0 Å². The van der Waals surface area contributed by atoms with Crippen LogP contribution in [0.3, 0.4) is 0 Å². The number of pyridine rings is 1. The Morgan fingerprint density at radius 3 is 2.25 bits per heavy atom. The van der Waals surface area contributed by atoms with Gasteiger partial charge in [0.05, 0.1) is 27.8 Å². The Morgan fingerprint density at radius 1 is 1.07 bits per heavy atom. The van der Waals surface area contributed by atoms with Crippen LogP contribution in [0.1, 0.15) is 50.7 Å². The number of allylic oxidation sites excluding steroid dienone is 1. The van der Waals surface area contributed by atoms with Crippen molar-refractivity contribution in [1.29, 1.82) is 0 Å². The molecule has 4 aromatic rings. The largest absolute Gasteiger partial charge is 0.401 e. The molecule has 1 saturated carbocycles. The summed E-state index contributed by atoms with van der Waals surface area (Å²) in [4.78, 5) is 4.74. The van der Waals surface area contributed by atoms with E-state index in [2.05, 4.69) is 4.57 Å². The van der Waals surface area contributed by atoms with Crippen LogP contribution in [0.2, 0.25) is 0 Å². The molecule has 2 aromatic carbocycles. The van der Waals surface area contributed by atoms with Crippen molar-refractivity contribution in [3.05, 3.63) is 83.4 Å². The molecule has 1 unspecified atom stereocenters. The third-order valence-electron chi connectivity index (χ3n) is 8.16. The number of aromatic nitrogens is 2. The molecular formula is C32H40FN5O2. The van der Waals surface area contributed by atoms with Crippen LogP contribution in [0.25, 0.3) is 27.6 Å². The molecule has 1 aliphatic heterocycles. The van der Waals surface area contributed by atoms with Crippen molar-refractivity contribution in [2.24, 2.45) is 23.4 Å². The second-order valence-electron chi connectivity index (χ2n) is 11.3. The number of hydrogen-bond donors (Lipinski definition) is 3. The van der Waals surface area contributed by atoms with E-state index in [0.29, 0.717) is 22.9 Å². The lowest BCUT2D eigenvalue weighted by Crippen LogP contribution is -2.26. The molecule has 2 aliphatic rings. The number of hydrazine groups is 1. The summed E-state index contributed by atoms with van der Waals surface area (Å²) in [6, 6.07) is 17.4. The van der Waals surface area contributed by atoms with Crippen LogP contribution < -0.4 is 11.6 Å². The number of halogens is 1. The van der Waals surface area contributed by atoms with Gasteiger partial charge in [0, 0.05) is 55.2 Å². The van der Waals surface area contributed by atoms with E-state index in [1.54, 1.807) is 20.2 Å². The molecule has 0 amide bonds. The second-order valence-corrected chi connectivity index (χ2v) is 11.3. The standard InChI is InChI=1S/C26H34FN5O2.C6H6/c1-15(28)25(31(3)29)17-10-23-24(30-13-17)19-11-21(27)20(26(2,33)18-4-5-18)12-22(19)32(23)14-16-6-8-34-9-7-16;1-2-4-6-5-3-1/h10-13,16,18,33H,4-9,14,28-29H2,1-3H3;1-6H/b25-15-;. The Hall–Kier alpha value is -3.46. The van der Waals surface area contributed by atoms with Crippen LogP contribution in [0.4, 0.5) is 4.39 Å². The van der Waals surface area contributed by atoms with Crippen molar-refractivity contribution in [3.8, 4) is 0 Å². The zero-order valence-electron chi connectivity index (χ0n) is 23.6. The Morgan fingerprint density at radius 2 is 1.70 bits per heavy atom. The van der Waals surface area contributed by atoms with E-state index in [1.807, 2.05) is 55.5 Å². The average Bonchev–Trinajstić information content (AvgIpc) is 3.76. The van der Waals surface area contributed by atoms with Crippen LogP contribution in [0.5, 0.6) is 0 Å². The van der Waals surface area contributed by atoms with Crippen LogP contribution in [0.15, 0.2) is 66.5 Å². The number of nitrogens with two attached hydrogens (primary N) is 2. The minimum Gasteiger partial charge on any atom is -0.401 e. The highest BCUT2D eigenvalue weighted by Gasteiger charge is 2.43. The van der Waals surface area contributed by atoms with Gasteiger partial charge in [-0.2, -0.15) is 0 Å². The molecular weight excluding hydrogens is 505 g/mol. The summed E-state index contributed by atoms with van der Waals surface area (Å²) in [5, 5.41) is 13.4. The van der Waals surface area contributed by atoms with Gasteiger partial charge in [-0.15, -0.1) is 0 Å². The molecule has 0 radical (unpaired) electrons. The van der Waals surface area contributed by atoms with Gasteiger partial charge < -0.3 is 25.2 Å². The van der Waals surface area contributed by atoms with Crippen molar-refractivity contribution in [3.63, 3.8) is 0 Å². The van der Waals surface area contributed by atoms with E-state index >= 15 is 4.39 Å². The molecule has 1 aliphatic carbocycles. The van der Waals surface area contributed by atoms with Gasteiger partial charge >= 0.3 is 0 Å². The SMILES string of the molecule is C/C(N)=C(\c1cnc2c3cc(F)c(C(C)(O)C4CC4)cc3n(CC3CCOCC3)c2c1)N(C)N.c1ccccc1. The third-order valence-corrected chi connectivity index (χ3v) is 8.16. The van der Waals surface area contributed by atoms with Crippen molar-refractivity contribution in [2.75, 3.05) is 20.3 Å². The molecule has 2 aromatic heterocycles. The smallest absolute Gasteiger partial charge is 0.130 e. The van der Waals surface area contributed by atoms with Gasteiger partial charge in [-0.3, -0.25) is 4.98 Å². The van der Waals surface area contributed by atoms with Gasteiger partial charge in [-0.25, -0.2) is 10.2 Å². The van der Waals surface area contributed by atoms with E-state index in [4.69, 9.17) is 21.3 Å². The second kappa shape index (κ2) is 11.6. The maximum Gasteiger partial charge on any atom is 0.130 e. The first-order chi connectivity index (χ1) is 19.2. The zero-order valence-corrected chi connectivity index (χ0v) is 23.6. The predicted molar refractivity (Wildman–Crippen MR) is 158 cm³/mol. The minimum absolute atomic E-state index is 0.0952. The molecule has 0 bridgehead atoms. The van der Waals surface area contributed by atoms with Gasteiger partial charge in [0.1, 0.15) is 5.82 Å². The van der Waals surface area contributed by atoms with Gasteiger partial charge in [-0.1, -0.05) is 36.4 Å². The van der Waals surface area contributed by atoms with E-state index < -0.39 is 5.60 Å². The molecule has 1 atom stereocenters. The monoisotopic (exact) mass is 545 g/mol. The summed E-state index contributed by atoms with van der Waals surface area (Å²) in [6.07, 6.45) is 5.52. The molecule has 8 heteroatoms. The summed E-state index contributed by atoms with van der Waals surface area (Å²) in [7, 11) is 1.75.